The van der Waals surface area contributed by atoms with Crippen LogP contribution in [0.5, 0.6) is 0 Å². The molecule has 0 aliphatic carbocycles. The second kappa shape index (κ2) is 9.12. The van der Waals surface area contributed by atoms with Crippen LogP contribution in [0.25, 0.3) is 0 Å². The highest BCUT2D eigenvalue weighted by molar-refractivity contribution is 5.16. The molecule has 0 aromatic heterocycles. The van der Waals surface area contributed by atoms with Gasteiger partial charge in [-0.1, -0.05) is 36.4 Å². The van der Waals surface area contributed by atoms with E-state index in [2.05, 4.69) is 6.58 Å². The Labute approximate surface area is 135 Å². The molecule has 0 spiro atoms. The van der Waals surface area contributed by atoms with Crippen LogP contribution in [0.3, 0.4) is 0 Å². The Morgan fingerprint density at radius 2 is 2.04 bits per heavy atom. The summed E-state index contributed by atoms with van der Waals surface area (Å²) in [6.07, 6.45) is -1.54. The van der Waals surface area contributed by atoms with Gasteiger partial charge >= 0.3 is 0 Å². The van der Waals surface area contributed by atoms with Crippen LogP contribution < -0.4 is 0 Å². The zero-order chi connectivity index (χ0) is 16.7. The normalized spacial score (nSPS) is 27.3. The van der Waals surface area contributed by atoms with Crippen molar-refractivity contribution in [2.45, 2.75) is 37.1 Å². The maximum absolute atomic E-state index is 9.93. The van der Waals surface area contributed by atoms with Crippen LogP contribution in [0.1, 0.15) is 18.3 Å². The van der Waals surface area contributed by atoms with Crippen molar-refractivity contribution < 1.29 is 29.5 Å². The summed E-state index contributed by atoms with van der Waals surface area (Å²) in [6, 6.07) is 9.42. The Kier molecular flexibility index (Phi) is 7.16. The predicted molar refractivity (Wildman–Crippen MR) is 83.7 cm³/mol. The predicted octanol–water partition coefficient (Wildman–Crippen LogP) is 0.776. The zero-order valence-electron chi connectivity index (χ0n) is 13.0. The molecule has 6 nitrogen and oxygen atoms in total. The highest BCUT2D eigenvalue weighted by Crippen LogP contribution is 2.28. The average molecular weight is 324 g/mol. The Bertz CT molecular complexity index is 465. The molecule has 0 radical (unpaired) electrons. The molecule has 1 aliphatic rings. The van der Waals surface area contributed by atoms with Crippen molar-refractivity contribution in [2.24, 2.45) is 0 Å². The Morgan fingerprint density at radius 3 is 2.65 bits per heavy atom. The molecule has 128 valence electrons. The van der Waals surface area contributed by atoms with E-state index in [1.54, 1.807) is 6.08 Å². The Balaban J connectivity index is 1.97. The molecule has 23 heavy (non-hydrogen) atoms. The molecule has 1 saturated heterocycles. The summed E-state index contributed by atoms with van der Waals surface area (Å²) < 4.78 is 17.1. The number of rotatable bonds is 8. The van der Waals surface area contributed by atoms with E-state index >= 15 is 0 Å². The first-order valence-corrected chi connectivity index (χ1v) is 7.67. The molecule has 1 aromatic rings. The van der Waals surface area contributed by atoms with Gasteiger partial charge in [0, 0.05) is 5.56 Å². The standard InChI is InChI=1S/C17H24O6/c1-2-6-13(20)14(9-18)22-16-11-21-17(23-15(16)10-19)12-7-4-3-5-8-12/h2-5,7-8,13-20H,1,6,9-11H2/t13-,14+,15+,16-,17-/m1/s1. The summed E-state index contributed by atoms with van der Waals surface area (Å²) >= 11 is 0. The minimum Gasteiger partial charge on any atom is -0.394 e. The van der Waals surface area contributed by atoms with E-state index in [9.17, 15) is 15.3 Å². The van der Waals surface area contributed by atoms with Crippen molar-refractivity contribution in [3.63, 3.8) is 0 Å². The van der Waals surface area contributed by atoms with E-state index in [4.69, 9.17) is 14.2 Å². The smallest absolute Gasteiger partial charge is 0.184 e. The Morgan fingerprint density at radius 1 is 1.30 bits per heavy atom. The molecule has 1 aromatic carbocycles. The van der Waals surface area contributed by atoms with E-state index < -0.39 is 30.7 Å². The minimum atomic E-state index is -0.872. The number of aliphatic hydroxyl groups excluding tert-OH is 3. The molecule has 3 N–H and O–H groups in total. The minimum absolute atomic E-state index is 0.197. The molecule has 1 heterocycles. The van der Waals surface area contributed by atoms with E-state index in [1.807, 2.05) is 30.3 Å². The van der Waals surface area contributed by atoms with Crippen molar-refractivity contribution in [1.29, 1.82) is 0 Å². The largest absolute Gasteiger partial charge is 0.394 e. The molecule has 0 saturated carbocycles. The Hall–Kier alpha value is -1.28. The van der Waals surface area contributed by atoms with Gasteiger partial charge in [-0.2, -0.15) is 0 Å². The fraction of sp³-hybridized carbons (Fsp3) is 0.529. The maximum atomic E-state index is 9.93. The van der Waals surface area contributed by atoms with E-state index in [0.29, 0.717) is 6.42 Å². The van der Waals surface area contributed by atoms with Crippen LogP contribution in [-0.4, -0.2) is 59.6 Å². The topological polar surface area (TPSA) is 88.4 Å². The summed E-state index contributed by atoms with van der Waals surface area (Å²) in [5, 5.41) is 28.9. The van der Waals surface area contributed by atoms with Crippen molar-refractivity contribution in [2.75, 3.05) is 19.8 Å². The number of hydrogen-bond acceptors (Lipinski definition) is 6. The molecule has 5 atom stereocenters. The first-order chi connectivity index (χ1) is 11.2. The van der Waals surface area contributed by atoms with Crippen molar-refractivity contribution in [3.05, 3.63) is 48.6 Å². The van der Waals surface area contributed by atoms with Gasteiger partial charge in [0.2, 0.25) is 0 Å². The third-order valence-corrected chi connectivity index (χ3v) is 3.74. The van der Waals surface area contributed by atoms with Gasteiger partial charge in [-0.15, -0.1) is 6.58 Å². The zero-order valence-corrected chi connectivity index (χ0v) is 13.0. The fourth-order valence-corrected chi connectivity index (χ4v) is 2.45. The van der Waals surface area contributed by atoms with E-state index in [0.717, 1.165) is 5.56 Å². The van der Waals surface area contributed by atoms with Gasteiger partial charge in [-0.3, -0.25) is 0 Å². The molecule has 6 heteroatoms. The van der Waals surface area contributed by atoms with E-state index in [1.165, 1.54) is 0 Å². The summed E-state index contributed by atoms with van der Waals surface area (Å²) in [6.45, 7) is 3.16. The molecule has 2 rings (SSSR count). The summed E-state index contributed by atoms with van der Waals surface area (Å²) in [7, 11) is 0. The van der Waals surface area contributed by atoms with Gasteiger partial charge in [0.1, 0.15) is 18.3 Å². The van der Waals surface area contributed by atoms with Crippen LogP contribution in [0.2, 0.25) is 0 Å². The number of ether oxygens (including phenoxy) is 3. The molecule has 1 fully saturated rings. The van der Waals surface area contributed by atoms with Crippen LogP contribution in [0.4, 0.5) is 0 Å². The second-order valence-electron chi connectivity index (χ2n) is 5.42. The molecule has 0 bridgehead atoms. The number of benzene rings is 1. The molecule has 0 unspecified atom stereocenters. The van der Waals surface area contributed by atoms with Gasteiger partial charge in [0.15, 0.2) is 6.29 Å². The average Bonchev–Trinajstić information content (AvgIpc) is 2.60. The second-order valence-corrected chi connectivity index (χ2v) is 5.42. The fourth-order valence-electron chi connectivity index (χ4n) is 2.45. The van der Waals surface area contributed by atoms with Gasteiger partial charge in [-0.25, -0.2) is 0 Å². The summed E-state index contributed by atoms with van der Waals surface area (Å²) in [5.41, 5.74) is 0.856. The quantitative estimate of drug-likeness (QED) is 0.612. The lowest BCUT2D eigenvalue weighted by Crippen LogP contribution is -2.48. The first-order valence-electron chi connectivity index (χ1n) is 7.67. The van der Waals surface area contributed by atoms with Crippen LogP contribution >= 0.6 is 0 Å². The molecular formula is C17H24O6. The number of hydrogen-bond donors (Lipinski definition) is 3. The molecular weight excluding hydrogens is 300 g/mol. The van der Waals surface area contributed by atoms with Crippen LogP contribution in [-0.2, 0) is 14.2 Å². The molecule has 0 amide bonds. The van der Waals surface area contributed by atoms with Gasteiger partial charge < -0.3 is 29.5 Å². The maximum Gasteiger partial charge on any atom is 0.184 e. The first kappa shape index (κ1) is 18.1. The lowest BCUT2D eigenvalue weighted by Gasteiger charge is -2.37. The molecule has 1 aliphatic heterocycles. The van der Waals surface area contributed by atoms with Crippen LogP contribution in [0.15, 0.2) is 43.0 Å². The summed E-state index contributed by atoms with van der Waals surface area (Å²) in [4.78, 5) is 0. The van der Waals surface area contributed by atoms with Crippen molar-refractivity contribution in [1.82, 2.24) is 0 Å². The van der Waals surface area contributed by atoms with Crippen LogP contribution in [0, 0.1) is 0 Å². The van der Waals surface area contributed by atoms with Gasteiger partial charge in [0.25, 0.3) is 0 Å². The lowest BCUT2D eigenvalue weighted by atomic mass is 10.1. The van der Waals surface area contributed by atoms with Gasteiger partial charge in [-0.05, 0) is 6.42 Å². The third kappa shape index (κ3) is 4.84. The van der Waals surface area contributed by atoms with Crippen molar-refractivity contribution >= 4 is 0 Å². The highest BCUT2D eigenvalue weighted by Gasteiger charge is 2.35. The number of aliphatic hydroxyl groups is 3. The van der Waals surface area contributed by atoms with E-state index in [-0.39, 0.29) is 19.8 Å². The lowest BCUT2D eigenvalue weighted by molar-refractivity contribution is -0.284. The van der Waals surface area contributed by atoms with Gasteiger partial charge in [0.05, 0.1) is 25.9 Å². The monoisotopic (exact) mass is 324 g/mol. The SMILES string of the molecule is C=CC[C@@H](O)[C@H](CO)O[C@@H]1CO[C@@H](c2ccccc2)O[C@H]1CO. The third-order valence-electron chi connectivity index (χ3n) is 3.74. The highest BCUT2D eigenvalue weighted by atomic mass is 16.7. The van der Waals surface area contributed by atoms with Crippen molar-refractivity contribution in [3.8, 4) is 0 Å². The summed E-state index contributed by atoms with van der Waals surface area (Å²) in [5.74, 6) is 0.